The average Bonchev–Trinajstić information content (AvgIpc) is 3.18. The summed E-state index contributed by atoms with van der Waals surface area (Å²) < 4.78 is 5.45. The van der Waals surface area contributed by atoms with E-state index < -0.39 is 0 Å². The fourth-order valence-corrected chi connectivity index (χ4v) is 3.04. The maximum absolute atomic E-state index is 12.7. The van der Waals surface area contributed by atoms with Crippen LogP contribution in [0.2, 0.25) is 0 Å². The molecule has 1 aliphatic heterocycles. The van der Waals surface area contributed by atoms with Crippen molar-refractivity contribution >= 4 is 22.6 Å². The van der Waals surface area contributed by atoms with E-state index in [1.165, 1.54) is 0 Å². The lowest BCUT2D eigenvalue weighted by atomic mass is 10.1. The number of hydrogen-bond donors (Lipinski definition) is 1. The van der Waals surface area contributed by atoms with Crippen LogP contribution in [0.3, 0.4) is 0 Å². The predicted molar refractivity (Wildman–Crippen MR) is 101 cm³/mol. The zero-order valence-corrected chi connectivity index (χ0v) is 14.5. The van der Waals surface area contributed by atoms with Crippen LogP contribution in [0.4, 0.5) is 5.82 Å². The van der Waals surface area contributed by atoms with Crippen LogP contribution in [0.1, 0.15) is 29.6 Å². The number of hydrogen-bond acceptors (Lipinski definition) is 4. The smallest absolute Gasteiger partial charge is 0.255 e. The number of rotatable bonds is 8. The summed E-state index contributed by atoms with van der Waals surface area (Å²) in [6, 6.07) is 9.87. The minimum atomic E-state index is -0.0903. The summed E-state index contributed by atoms with van der Waals surface area (Å²) in [6.45, 7) is 7.19. The van der Waals surface area contributed by atoms with Crippen LogP contribution in [0, 0.1) is 0 Å². The van der Waals surface area contributed by atoms with Gasteiger partial charge in [-0.3, -0.25) is 4.79 Å². The Hall–Kier alpha value is -2.40. The van der Waals surface area contributed by atoms with Crippen molar-refractivity contribution < 1.29 is 9.53 Å². The fraction of sp³-hybridized carbons (Fsp3) is 0.400. The van der Waals surface area contributed by atoms with Gasteiger partial charge < -0.3 is 15.0 Å². The molecule has 1 saturated heterocycles. The molecule has 1 amide bonds. The van der Waals surface area contributed by atoms with Crippen molar-refractivity contribution in [2.45, 2.75) is 19.3 Å². The number of nitrogens with one attached hydrogen (secondary N) is 1. The second kappa shape index (κ2) is 8.62. The van der Waals surface area contributed by atoms with E-state index in [1.54, 1.807) is 0 Å². The number of amides is 1. The Morgan fingerprint density at radius 2 is 2.08 bits per heavy atom. The Labute approximate surface area is 148 Å². The molecule has 2 aromatic rings. The van der Waals surface area contributed by atoms with E-state index >= 15 is 0 Å². The van der Waals surface area contributed by atoms with Crippen molar-refractivity contribution in [2.24, 2.45) is 0 Å². The largest absolute Gasteiger partial charge is 0.379 e. The summed E-state index contributed by atoms with van der Waals surface area (Å²) >= 11 is 0. The molecule has 0 atom stereocenters. The highest BCUT2D eigenvalue weighted by molar-refractivity contribution is 6.02. The van der Waals surface area contributed by atoms with Crippen LogP contribution in [0.15, 0.2) is 43.0 Å². The van der Waals surface area contributed by atoms with Gasteiger partial charge >= 0.3 is 0 Å². The van der Waals surface area contributed by atoms with Gasteiger partial charge in [-0.15, -0.1) is 6.58 Å². The lowest BCUT2D eigenvalue weighted by Crippen LogP contribution is -2.30. The van der Waals surface area contributed by atoms with Crippen LogP contribution < -0.4 is 10.2 Å². The van der Waals surface area contributed by atoms with E-state index in [1.807, 2.05) is 36.4 Å². The van der Waals surface area contributed by atoms with Gasteiger partial charge in [-0.25, -0.2) is 4.98 Å². The van der Waals surface area contributed by atoms with Crippen LogP contribution in [-0.4, -0.2) is 43.7 Å². The molecule has 1 aromatic carbocycles. The molecule has 0 spiro atoms. The molecule has 2 heterocycles. The molecule has 3 rings (SSSR count). The van der Waals surface area contributed by atoms with Gasteiger partial charge in [0.1, 0.15) is 5.82 Å². The second-order valence-electron chi connectivity index (χ2n) is 6.19. The van der Waals surface area contributed by atoms with Crippen molar-refractivity contribution in [1.29, 1.82) is 0 Å². The van der Waals surface area contributed by atoms with Gasteiger partial charge in [-0.05, 0) is 31.4 Å². The number of para-hydroxylation sites is 1. The second-order valence-corrected chi connectivity index (χ2v) is 6.19. The summed E-state index contributed by atoms with van der Waals surface area (Å²) in [4.78, 5) is 19.7. The van der Waals surface area contributed by atoms with Crippen molar-refractivity contribution in [3.8, 4) is 0 Å². The van der Waals surface area contributed by atoms with Crippen LogP contribution in [-0.2, 0) is 4.74 Å². The normalized spacial score (nSPS) is 14.0. The summed E-state index contributed by atoms with van der Waals surface area (Å²) in [6.07, 6.45) is 4.93. The number of nitrogens with zero attached hydrogens (tertiary/aromatic N) is 2. The first-order valence-electron chi connectivity index (χ1n) is 8.91. The van der Waals surface area contributed by atoms with Gasteiger partial charge in [0.25, 0.3) is 5.91 Å². The zero-order chi connectivity index (χ0) is 17.5. The Bertz CT molecular complexity index is 739. The van der Waals surface area contributed by atoms with Crippen molar-refractivity contribution in [3.63, 3.8) is 0 Å². The third kappa shape index (κ3) is 4.37. The molecule has 1 aromatic heterocycles. The first-order valence-corrected chi connectivity index (χ1v) is 8.91. The summed E-state index contributed by atoms with van der Waals surface area (Å²) in [5, 5.41) is 3.93. The lowest BCUT2D eigenvalue weighted by Gasteiger charge is -2.20. The third-order valence-electron chi connectivity index (χ3n) is 4.35. The number of ether oxygens (including phenoxy) is 1. The van der Waals surface area contributed by atoms with Gasteiger partial charge in [0, 0.05) is 25.0 Å². The topological polar surface area (TPSA) is 54.5 Å². The van der Waals surface area contributed by atoms with Crippen molar-refractivity contribution in [3.05, 3.63) is 48.6 Å². The number of aromatic nitrogens is 1. The first kappa shape index (κ1) is 17.4. The highest BCUT2D eigenvalue weighted by atomic mass is 16.5. The quantitative estimate of drug-likeness (QED) is 0.593. The summed E-state index contributed by atoms with van der Waals surface area (Å²) in [7, 11) is 0. The molecule has 132 valence electrons. The van der Waals surface area contributed by atoms with Crippen LogP contribution in [0.5, 0.6) is 0 Å². The van der Waals surface area contributed by atoms with E-state index in [0.29, 0.717) is 25.3 Å². The van der Waals surface area contributed by atoms with E-state index in [9.17, 15) is 4.79 Å². The molecule has 0 saturated carbocycles. The number of fused-ring (bicyclic) bond motifs is 1. The van der Waals surface area contributed by atoms with Gasteiger partial charge in [0.2, 0.25) is 0 Å². The SMILES string of the molecule is C=CCCOCCNC(=O)c1cc2ccccc2nc1N1CCCC1. The number of pyridine rings is 1. The Kier molecular flexibility index (Phi) is 6.01. The molecule has 5 heteroatoms. The Morgan fingerprint density at radius 3 is 2.88 bits per heavy atom. The molecule has 1 fully saturated rings. The summed E-state index contributed by atoms with van der Waals surface area (Å²) in [5.41, 5.74) is 1.57. The molecule has 0 radical (unpaired) electrons. The number of carbonyl (C=O) groups excluding carboxylic acids is 1. The highest BCUT2D eigenvalue weighted by Crippen LogP contribution is 2.26. The van der Waals surface area contributed by atoms with Gasteiger partial charge in [-0.1, -0.05) is 24.3 Å². The fourth-order valence-electron chi connectivity index (χ4n) is 3.04. The maximum atomic E-state index is 12.7. The lowest BCUT2D eigenvalue weighted by molar-refractivity contribution is 0.0918. The minimum Gasteiger partial charge on any atom is -0.379 e. The average molecular weight is 339 g/mol. The third-order valence-corrected chi connectivity index (χ3v) is 4.35. The Morgan fingerprint density at radius 1 is 1.28 bits per heavy atom. The standard InChI is InChI=1S/C20H25N3O2/c1-2-3-13-25-14-10-21-20(24)17-15-16-8-4-5-9-18(16)22-19(17)23-11-6-7-12-23/h2,4-5,8-9,15H,1,3,6-7,10-14H2,(H,21,24). The van der Waals surface area contributed by atoms with Gasteiger partial charge in [0.15, 0.2) is 0 Å². The summed E-state index contributed by atoms with van der Waals surface area (Å²) in [5.74, 6) is 0.703. The zero-order valence-electron chi connectivity index (χ0n) is 14.5. The van der Waals surface area contributed by atoms with E-state index in [4.69, 9.17) is 9.72 Å². The van der Waals surface area contributed by atoms with E-state index in [-0.39, 0.29) is 5.91 Å². The van der Waals surface area contributed by atoms with Gasteiger partial charge in [-0.2, -0.15) is 0 Å². The van der Waals surface area contributed by atoms with Crippen molar-refractivity contribution in [2.75, 3.05) is 37.7 Å². The van der Waals surface area contributed by atoms with Crippen LogP contribution >= 0.6 is 0 Å². The van der Waals surface area contributed by atoms with Crippen LogP contribution in [0.25, 0.3) is 10.9 Å². The first-order chi connectivity index (χ1) is 12.3. The Balaban J connectivity index is 1.74. The predicted octanol–water partition coefficient (Wildman–Crippen LogP) is 3.16. The molecular weight excluding hydrogens is 314 g/mol. The monoisotopic (exact) mass is 339 g/mol. The molecule has 1 N–H and O–H groups in total. The molecule has 5 nitrogen and oxygen atoms in total. The molecule has 1 aliphatic rings. The molecule has 0 unspecified atom stereocenters. The highest BCUT2D eigenvalue weighted by Gasteiger charge is 2.21. The van der Waals surface area contributed by atoms with E-state index in [0.717, 1.165) is 49.1 Å². The molecule has 0 bridgehead atoms. The van der Waals surface area contributed by atoms with Gasteiger partial charge in [0.05, 0.1) is 24.3 Å². The van der Waals surface area contributed by atoms with E-state index in [2.05, 4.69) is 16.8 Å². The molecule has 0 aliphatic carbocycles. The number of benzene rings is 1. The molecule has 25 heavy (non-hydrogen) atoms. The molecular formula is C20H25N3O2. The maximum Gasteiger partial charge on any atom is 0.255 e. The van der Waals surface area contributed by atoms with Crippen molar-refractivity contribution in [1.82, 2.24) is 10.3 Å². The minimum absolute atomic E-state index is 0.0903. The number of carbonyl (C=O) groups is 1. The number of anilines is 1.